The zero-order valence-electron chi connectivity index (χ0n) is 14.9. The van der Waals surface area contributed by atoms with Crippen molar-refractivity contribution in [2.45, 2.75) is 31.2 Å². The lowest BCUT2D eigenvalue weighted by Gasteiger charge is -2.28. The Labute approximate surface area is 157 Å². The van der Waals surface area contributed by atoms with E-state index in [1.54, 1.807) is 42.2 Å². The van der Waals surface area contributed by atoms with Crippen LogP contribution in [0.5, 0.6) is 0 Å². The smallest absolute Gasteiger partial charge is 0.246 e. The lowest BCUT2D eigenvalue weighted by atomic mass is 10.2. The van der Waals surface area contributed by atoms with Gasteiger partial charge in [0.15, 0.2) is 0 Å². The van der Waals surface area contributed by atoms with Gasteiger partial charge in [-0.2, -0.15) is 0 Å². The number of hydrogen-bond donors (Lipinski definition) is 1. The lowest BCUT2D eigenvalue weighted by molar-refractivity contribution is -0.135. The van der Waals surface area contributed by atoms with Crippen LogP contribution in [0.25, 0.3) is 0 Å². The molecule has 0 saturated carbocycles. The van der Waals surface area contributed by atoms with Gasteiger partial charge in [-0.25, -0.2) is 4.39 Å². The monoisotopic (exact) mass is 374 g/mol. The second kappa shape index (κ2) is 9.97. The van der Waals surface area contributed by atoms with Crippen LogP contribution in [0.15, 0.2) is 59.5 Å². The van der Waals surface area contributed by atoms with Gasteiger partial charge in [0.1, 0.15) is 11.9 Å². The van der Waals surface area contributed by atoms with Gasteiger partial charge < -0.3 is 10.2 Å². The molecule has 4 nitrogen and oxygen atoms in total. The van der Waals surface area contributed by atoms with Gasteiger partial charge in [0.05, 0.1) is 5.75 Å². The van der Waals surface area contributed by atoms with Crippen molar-refractivity contribution in [3.05, 3.63) is 60.4 Å². The Morgan fingerprint density at radius 3 is 2.42 bits per heavy atom. The highest BCUT2D eigenvalue weighted by atomic mass is 32.2. The van der Waals surface area contributed by atoms with Gasteiger partial charge >= 0.3 is 0 Å². The number of thioether (sulfide) groups is 1. The summed E-state index contributed by atoms with van der Waals surface area (Å²) in [5.74, 6) is -0.684. The molecule has 0 fully saturated rings. The first-order valence-corrected chi connectivity index (χ1v) is 9.54. The Bertz CT molecular complexity index is 740. The fraction of sp³-hybridized carbons (Fsp3) is 0.300. The summed E-state index contributed by atoms with van der Waals surface area (Å²) >= 11 is 1.14. The maximum atomic E-state index is 13.7. The molecule has 0 radical (unpaired) electrons. The minimum Gasteiger partial charge on any atom is -0.330 e. The first-order chi connectivity index (χ1) is 12.5. The maximum absolute atomic E-state index is 13.7. The third kappa shape index (κ3) is 5.59. The summed E-state index contributed by atoms with van der Waals surface area (Å²) in [6.45, 7) is 4.13. The normalized spacial score (nSPS) is 11.7. The molecule has 0 aliphatic rings. The molecule has 2 aromatic carbocycles. The standard InChI is InChI=1S/C20H23FN2O2S/c1-3-13-23(15(2)20(25)22-16-9-5-4-6-10-16)19(24)14-26-18-12-8-7-11-17(18)21/h4-12,15H,3,13-14H2,1-2H3,(H,22,25). The molecule has 0 spiro atoms. The van der Waals surface area contributed by atoms with E-state index in [1.165, 1.54) is 6.07 Å². The summed E-state index contributed by atoms with van der Waals surface area (Å²) in [5, 5.41) is 2.82. The molecule has 2 aromatic rings. The van der Waals surface area contributed by atoms with E-state index >= 15 is 0 Å². The van der Waals surface area contributed by atoms with Crippen molar-refractivity contribution in [3.8, 4) is 0 Å². The number of halogens is 1. The SMILES string of the molecule is CCCN(C(=O)CSc1ccccc1F)C(C)C(=O)Nc1ccccc1. The Kier molecular flexibility index (Phi) is 7.66. The number of rotatable bonds is 8. The number of carbonyl (C=O) groups is 2. The molecule has 0 aliphatic carbocycles. The van der Waals surface area contributed by atoms with Crippen LogP contribution < -0.4 is 5.32 Å². The number of benzene rings is 2. The minimum absolute atomic E-state index is 0.0872. The van der Waals surface area contributed by atoms with Crippen LogP contribution in [0.3, 0.4) is 0 Å². The molecule has 1 atom stereocenters. The molecule has 6 heteroatoms. The average Bonchev–Trinajstić information content (AvgIpc) is 2.65. The fourth-order valence-electron chi connectivity index (χ4n) is 2.47. The summed E-state index contributed by atoms with van der Waals surface area (Å²) in [7, 11) is 0. The number of amides is 2. The summed E-state index contributed by atoms with van der Waals surface area (Å²) in [4.78, 5) is 27.1. The Balaban J connectivity index is 2.00. The van der Waals surface area contributed by atoms with Crippen LogP contribution in [0.2, 0.25) is 0 Å². The van der Waals surface area contributed by atoms with Gasteiger partial charge in [0.25, 0.3) is 0 Å². The van der Waals surface area contributed by atoms with E-state index in [4.69, 9.17) is 0 Å². The average molecular weight is 374 g/mol. The highest BCUT2D eigenvalue weighted by Gasteiger charge is 2.25. The zero-order chi connectivity index (χ0) is 18.9. The molecule has 2 rings (SSSR count). The summed E-state index contributed by atoms with van der Waals surface area (Å²) < 4.78 is 13.7. The van der Waals surface area contributed by atoms with E-state index in [0.717, 1.165) is 18.2 Å². The van der Waals surface area contributed by atoms with Crippen LogP contribution in [0, 0.1) is 5.82 Å². The molecule has 1 unspecified atom stereocenters. The minimum atomic E-state index is -0.608. The fourth-order valence-corrected chi connectivity index (χ4v) is 3.29. The molecule has 26 heavy (non-hydrogen) atoms. The molecule has 0 heterocycles. The van der Waals surface area contributed by atoms with Gasteiger partial charge in [-0.3, -0.25) is 9.59 Å². The van der Waals surface area contributed by atoms with Crippen molar-refractivity contribution in [1.82, 2.24) is 4.90 Å². The third-order valence-corrected chi connectivity index (χ3v) is 4.89. The predicted octanol–water partition coefficient (Wildman–Crippen LogP) is 4.18. The van der Waals surface area contributed by atoms with Crippen molar-refractivity contribution in [2.24, 2.45) is 0 Å². The molecule has 0 aromatic heterocycles. The molecule has 1 N–H and O–H groups in total. The number of anilines is 1. The van der Waals surface area contributed by atoms with Gasteiger partial charge in [-0.05, 0) is 37.6 Å². The van der Waals surface area contributed by atoms with Crippen LogP contribution in [0.1, 0.15) is 20.3 Å². The Hall–Kier alpha value is -2.34. The number of nitrogens with zero attached hydrogens (tertiary/aromatic N) is 1. The van der Waals surface area contributed by atoms with Crippen LogP contribution in [-0.4, -0.2) is 35.1 Å². The van der Waals surface area contributed by atoms with E-state index in [1.807, 2.05) is 25.1 Å². The largest absolute Gasteiger partial charge is 0.330 e. The van der Waals surface area contributed by atoms with Crippen molar-refractivity contribution in [3.63, 3.8) is 0 Å². The van der Waals surface area contributed by atoms with Crippen LogP contribution in [0.4, 0.5) is 10.1 Å². The van der Waals surface area contributed by atoms with Gasteiger partial charge in [-0.1, -0.05) is 37.3 Å². The lowest BCUT2D eigenvalue weighted by Crippen LogP contribution is -2.46. The summed E-state index contributed by atoms with van der Waals surface area (Å²) in [5.41, 5.74) is 0.689. The number of carbonyl (C=O) groups excluding carboxylic acids is 2. The van der Waals surface area contributed by atoms with Crippen molar-refractivity contribution in [2.75, 3.05) is 17.6 Å². The van der Waals surface area contributed by atoms with Gasteiger partial charge in [0, 0.05) is 17.1 Å². The quantitative estimate of drug-likeness (QED) is 0.705. The zero-order valence-corrected chi connectivity index (χ0v) is 15.8. The number of nitrogens with one attached hydrogen (secondary N) is 1. The van der Waals surface area contributed by atoms with E-state index in [9.17, 15) is 14.0 Å². The topological polar surface area (TPSA) is 49.4 Å². The van der Waals surface area contributed by atoms with Crippen molar-refractivity contribution < 1.29 is 14.0 Å². The van der Waals surface area contributed by atoms with E-state index in [0.29, 0.717) is 17.1 Å². The third-order valence-electron chi connectivity index (χ3n) is 3.86. The number of para-hydroxylation sites is 1. The van der Waals surface area contributed by atoms with E-state index < -0.39 is 6.04 Å². The highest BCUT2D eigenvalue weighted by molar-refractivity contribution is 8.00. The number of hydrogen-bond acceptors (Lipinski definition) is 3. The molecular weight excluding hydrogens is 351 g/mol. The molecular formula is C20H23FN2O2S. The van der Waals surface area contributed by atoms with Gasteiger partial charge in [-0.15, -0.1) is 11.8 Å². The molecule has 0 aliphatic heterocycles. The first kappa shape index (κ1) is 20.0. The predicted molar refractivity (Wildman–Crippen MR) is 104 cm³/mol. The van der Waals surface area contributed by atoms with Gasteiger partial charge in [0.2, 0.25) is 11.8 Å². The first-order valence-electron chi connectivity index (χ1n) is 8.55. The maximum Gasteiger partial charge on any atom is 0.246 e. The van der Waals surface area contributed by atoms with Crippen molar-refractivity contribution in [1.29, 1.82) is 0 Å². The Morgan fingerprint density at radius 1 is 1.12 bits per heavy atom. The molecule has 138 valence electrons. The highest BCUT2D eigenvalue weighted by Crippen LogP contribution is 2.22. The second-order valence-electron chi connectivity index (χ2n) is 5.84. The van der Waals surface area contributed by atoms with E-state index in [2.05, 4.69) is 5.32 Å². The summed E-state index contributed by atoms with van der Waals surface area (Å²) in [6, 6.07) is 14.9. The molecule has 2 amide bonds. The van der Waals surface area contributed by atoms with Crippen molar-refractivity contribution >= 4 is 29.3 Å². The summed E-state index contributed by atoms with van der Waals surface area (Å²) in [6.07, 6.45) is 0.735. The molecule has 0 saturated heterocycles. The van der Waals surface area contributed by atoms with Crippen LogP contribution >= 0.6 is 11.8 Å². The Morgan fingerprint density at radius 2 is 1.77 bits per heavy atom. The van der Waals surface area contributed by atoms with Crippen LogP contribution in [-0.2, 0) is 9.59 Å². The molecule has 0 bridgehead atoms. The second-order valence-corrected chi connectivity index (χ2v) is 6.85. The van der Waals surface area contributed by atoms with E-state index in [-0.39, 0.29) is 23.4 Å².